The number of nitrogens with zero attached hydrogens (tertiary/aromatic N) is 2. The van der Waals surface area contributed by atoms with Crippen molar-refractivity contribution in [1.82, 2.24) is 0 Å². The van der Waals surface area contributed by atoms with E-state index in [1.165, 1.54) is 18.4 Å². The van der Waals surface area contributed by atoms with Crippen molar-refractivity contribution in [1.29, 1.82) is 10.5 Å². The first-order chi connectivity index (χ1) is 6.35. The maximum atomic E-state index is 8.76. The fraction of sp³-hybridized carbons (Fsp3) is 0.545. The molecule has 0 aromatic carbocycles. The van der Waals surface area contributed by atoms with Crippen molar-refractivity contribution in [3.63, 3.8) is 0 Å². The molecule has 0 amide bonds. The Labute approximate surface area is 78.5 Å². The molecule has 2 nitrogen and oxygen atoms in total. The van der Waals surface area contributed by atoms with Gasteiger partial charge >= 0.3 is 0 Å². The van der Waals surface area contributed by atoms with Crippen LogP contribution >= 0.6 is 0 Å². The molecule has 0 N–H and O–H groups in total. The molecule has 2 heteroatoms. The monoisotopic (exact) mass is 171 g/mol. The van der Waals surface area contributed by atoms with E-state index in [0.717, 1.165) is 30.8 Å². The van der Waals surface area contributed by atoms with Gasteiger partial charge in [-0.3, -0.25) is 0 Å². The minimum absolute atomic E-state index is 0.361. The summed E-state index contributed by atoms with van der Waals surface area (Å²) in [4.78, 5) is 0. The number of hydrogen-bond donors (Lipinski definition) is 0. The first kappa shape index (κ1) is 8.20. The molecule has 3 rings (SSSR count). The van der Waals surface area contributed by atoms with Crippen molar-refractivity contribution in [3.05, 3.63) is 17.1 Å². The molecule has 0 spiro atoms. The van der Waals surface area contributed by atoms with Gasteiger partial charge in [0.15, 0.2) is 0 Å². The molecular weight excluding hydrogens is 160 g/mol. The molecule has 0 aromatic heterocycles. The van der Waals surface area contributed by atoms with Gasteiger partial charge in [0, 0.05) is 19.3 Å². The third-order valence-electron chi connectivity index (χ3n) is 3.15. The Bertz CT molecular complexity index is 303. The number of hydrogen-bond acceptors (Lipinski definition) is 2. The molecule has 13 heavy (non-hydrogen) atoms. The average Bonchev–Trinajstić information content (AvgIpc) is 2.22. The average molecular weight is 171 g/mol. The first-order valence-corrected chi connectivity index (χ1v) is 4.73. The summed E-state index contributed by atoms with van der Waals surface area (Å²) in [5.74, 6) is 1.10. The Morgan fingerprint density at radius 2 is 1.77 bits per heavy atom. The molecule has 0 aromatic rings. The highest BCUT2D eigenvalue weighted by Gasteiger charge is 2.38. The van der Waals surface area contributed by atoms with Crippen LogP contribution in [-0.4, -0.2) is 0 Å². The smallest absolute Gasteiger partial charge is 0.167 e. The highest BCUT2D eigenvalue weighted by atomic mass is 14.4. The third-order valence-corrected chi connectivity index (χ3v) is 3.15. The molecule has 0 saturated heterocycles. The van der Waals surface area contributed by atoms with Crippen LogP contribution in [0.25, 0.3) is 0 Å². The molecule has 1 saturated carbocycles. The molecule has 0 unspecified atom stereocenters. The van der Waals surface area contributed by atoms with Gasteiger partial charge in [-0.25, -0.2) is 0 Å². The van der Waals surface area contributed by atoms with Crippen LogP contribution in [0.2, 0.25) is 0 Å². The van der Waals surface area contributed by atoms with Gasteiger partial charge < -0.3 is 0 Å². The highest BCUT2D eigenvalue weighted by Crippen LogP contribution is 2.43. The molecular formula is C11H11N2+. The number of fused-ring (bicyclic) bond motifs is 3. The maximum absolute atomic E-state index is 8.76. The lowest BCUT2D eigenvalue weighted by Gasteiger charge is -2.27. The second-order valence-corrected chi connectivity index (χ2v) is 3.83. The lowest BCUT2D eigenvalue weighted by atomic mass is 9.70. The van der Waals surface area contributed by atoms with E-state index >= 15 is 0 Å². The highest BCUT2D eigenvalue weighted by molar-refractivity contribution is 5.49. The lowest BCUT2D eigenvalue weighted by molar-refractivity contribution is 0.371. The van der Waals surface area contributed by atoms with E-state index < -0.39 is 0 Å². The molecule has 2 bridgehead atoms. The van der Waals surface area contributed by atoms with E-state index in [-0.39, 0.29) is 0 Å². The van der Waals surface area contributed by atoms with Crippen LogP contribution in [-0.2, 0) is 0 Å². The summed E-state index contributed by atoms with van der Waals surface area (Å²) in [5, 5.41) is 17.5. The van der Waals surface area contributed by atoms with Crippen molar-refractivity contribution in [2.75, 3.05) is 0 Å². The Balaban J connectivity index is 2.29. The molecule has 1 fully saturated rings. The molecule has 0 heterocycles. The fourth-order valence-corrected chi connectivity index (χ4v) is 2.40. The predicted molar refractivity (Wildman–Crippen MR) is 48.1 cm³/mol. The van der Waals surface area contributed by atoms with E-state index in [2.05, 4.69) is 0 Å². The van der Waals surface area contributed by atoms with Crippen molar-refractivity contribution in [2.45, 2.75) is 32.1 Å². The Morgan fingerprint density at radius 3 is 2.15 bits per heavy atom. The minimum Gasteiger partial charge on any atom is -0.167 e. The summed E-state index contributed by atoms with van der Waals surface area (Å²) in [7, 11) is 0. The van der Waals surface area contributed by atoms with Crippen LogP contribution in [0, 0.1) is 34.5 Å². The zero-order valence-corrected chi connectivity index (χ0v) is 7.51. The summed E-state index contributed by atoms with van der Waals surface area (Å²) in [6.45, 7) is 0. The normalized spacial score (nSPS) is 21.1. The van der Waals surface area contributed by atoms with E-state index in [4.69, 9.17) is 10.5 Å². The molecule has 0 atom stereocenters. The third kappa shape index (κ3) is 1.29. The molecule has 3 aliphatic carbocycles. The zero-order chi connectivity index (χ0) is 9.26. The van der Waals surface area contributed by atoms with Gasteiger partial charge in [-0.05, 0) is 18.8 Å². The van der Waals surface area contributed by atoms with Crippen LogP contribution in [0.5, 0.6) is 0 Å². The molecule has 0 radical (unpaired) electrons. The Morgan fingerprint density at radius 1 is 1.15 bits per heavy atom. The summed E-state index contributed by atoms with van der Waals surface area (Å²) >= 11 is 0. The van der Waals surface area contributed by atoms with Gasteiger partial charge in [0.2, 0.25) is 12.1 Å². The van der Waals surface area contributed by atoms with Crippen molar-refractivity contribution < 1.29 is 0 Å². The molecule has 0 aliphatic heterocycles. The summed E-state index contributed by atoms with van der Waals surface area (Å²) < 4.78 is 0. The van der Waals surface area contributed by atoms with Crippen LogP contribution in [0.3, 0.4) is 0 Å². The van der Waals surface area contributed by atoms with Gasteiger partial charge in [0.25, 0.3) is 5.92 Å². The molecule has 64 valence electrons. The Kier molecular flexibility index (Phi) is 1.99. The summed E-state index contributed by atoms with van der Waals surface area (Å²) in [6, 6.07) is 4.01. The zero-order valence-electron chi connectivity index (χ0n) is 7.51. The van der Waals surface area contributed by atoms with Crippen LogP contribution in [0.4, 0.5) is 0 Å². The lowest BCUT2D eigenvalue weighted by Crippen LogP contribution is -2.20. The fourth-order valence-electron chi connectivity index (χ4n) is 2.40. The van der Waals surface area contributed by atoms with Gasteiger partial charge in [-0.2, -0.15) is 10.5 Å². The number of nitriles is 2. The topological polar surface area (TPSA) is 47.6 Å². The van der Waals surface area contributed by atoms with Gasteiger partial charge in [-0.15, -0.1) is 0 Å². The summed E-state index contributed by atoms with van der Waals surface area (Å²) in [5.41, 5.74) is 2.45. The second-order valence-electron chi connectivity index (χ2n) is 3.83. The van der Waals surface area contributed by atoms with E-state index in [1.807, 2.05) is 12.1 Å². The van der Waals surface area contributed by atoms with Gasteiger partial charge in [0.1, 0.15) is 5.57 Å². The largest absolute Gasteiger partial charge is 0.268 e. The SMILES string of the molecule is N#C[C+](C#N)C1=C2CCC(CC2)C1. The van der Waals surface area contributed by atoms with Crippen LogP contribution in [0.1, 0.15) is 32.1 Å². The van der Waals surface area contributed by atoms with Crippen molar-refractivity contribution in [2.24, 2.45) is 5.92 Å². The van der Waals surface area contributed by atoms with Gasteiger partial charge in [0.05, 0.1) is 5.57 Å². The van der Waals surface area contributed by atoms with E-state index in [1.54, 1.807) is 0 Å². The maximum Gasteiger partial charge on any atom is 0.268 e. The first-order valence-electron chi connectivity index (χ1n) is 4.73. The number of rotatable bonds is 1. The molecule has 3 aliphatic rings. The Hall–Kier alpha value is -1.41. The van der Waals surface area contributed by atoms with Crippen LogP contribution in [0.15, 0.2) is 11.1 Å². The quantitative estimate of drug-likeness (QED) is 0.569. The summed E-state index contributed by atoms with van der Waals surface area (Å²) in [6.07, 6.45) is 5.75. The van der Waals surface area contributed by atoms with Crippen molar-refractivity contribution in [3.8, 4) is 12.1 Å². The van der Waals surface area contributed by atoms with E-state index in [9.17, 15) is 0 Å². The van der Waals surface area contributed by atoms with Gasteiger partial charge in [-0.1, -0.05) is 0 Å². The standard InChI is InChI=1S/C11H11N2/c12-6-10(7-13)11-5-8-1-3-9(11)4-2-8/h8H,1-5H2/q+1. The predicted octanol–water partition coefficient (Wildman–Crippen LogP) is 2.50. The minimum atomic E-state index is 0.361. The second kappa shape index (κ2) is 3.15. The van der Waals surface area contributed by atoms with E-state index in [0.29, 0.717) is 5.92 Å². The number of allylic oxidation sites excluding steroid dienone is 2. The van der Waals surface area contributed by atoms with Crippen LogP contribution < -0.4 is 0 Å². The van der Waals surface area contributed by atoms with Crippen molar-refractivity contribution >= 4 is 0 Å².